The fraction of sp³-hybridized carbons (Fsp3) is 0.474. The van der Waals surface area contributed by atoms with Gasteiger partial charge in [-0.25, -0.2) is 4.98 Å². The zero-order valence-electron chi connectivity index (χ0n) is 14.2. The van der Waals surface area contributed by atoms with Crippen molar-refractivity contribution < 1.29 is 4.74 Å². The van der Waals surface area contributed by atoms with Crippen molar-refractivity contribution in [2.24, 2.45) is 0 Å². The maximum atomic E-state index is 6.17. The van der Waals surface area contributed by atoms with E-state index in [4.69, 9.17) is 14.7 Å². The third-order valence-corrected chi connectivity index (χ3v) is 4.77. The first-order chi connectivity index (χ1) is 11.8. The topological polar surface area (TPSA) is 50.3 Å². The van der Waals surface area contributed by atoms with Crippen molar-refractivity contribution in [2.75, 3.05) is 31.1 Å². The molecule has 1 aliphatic heterocycles. The van der Waals surface area contributed by atoms with E-state index in [0.717, 1.165) is 56.6 Å². The molecule has 1 N–H and O–H groups in total. The predicted molar refractivity (Wildman–Crippen MR) is 95.0 cm³/mol. The van der Waals surface area contributed by atoms with Crippen LogP contribution < -0.4 is 15.0 Å². The normalized spacial score (nSPS) is 17.5. The molecule has 2 heterocycles. The van der Waals surface area contributed by atoms with Crippen molar-refractivity contribution in [3.05, 3.63) is 41.1 Å². The van der Waals surface area contributed by atoms with Crippen LogP contribution in [0.1, 0.15) is 29.7 Å². The van der Waals surface area contributed by atoms with E-state index in [1.807, 2.05) is 12.1 Å². The number of fused-ring (bicyclic) bond motifs is 1. The summed E-state index contributed by atoms with van der Waals surface area (Å²) < 4.78 is 6.17. The van der Waals surface area contributed by atoms with Crippen molar-refractivity contribution in [3.63, 3.8) is 0 Å². The minimum atomic E-state index is 0.747. The highest BCUT2D eigenvalue weighted by Crippen LogP contribution is 2.32. The van der Waals surface area contributed by atoms with Crippen molar-refractivity contribution in [1.29, 1.82) is 0 Å². The standard InChI is InChI=1S/C19H24N4O/c1-14-6-8-15(9-7-14)24-18-16-4-2-3-5-17(16)21-19(22-18)23-12-10-20-11-13-23/h6-9,20H,2-5,10-13H2,1H3. The van der Waals surface area contributed by atoms with Gasteiger partial charge in [-0.1, -0.05) is 17.7 Å². The van der Waals surface area contributed by atoms with E-state index < -0.39 is 0 Å². The third kappa shape index (κ3) is 3.22. The number of benzene rings is 1. The summed E-state index contributed by atoms with van der Waals surface area (Å²) in [6.45, 7) is 5.94. The van der Waals surface area contributed by atoms with Gasteiger partial charge in [0.25, 0.3) is 0 Å². The summed E-state index contributed by atoms with van der Waals surface area (Å²) in [5, 5.41) is 3.38. The van der Waals surface area contributed by atoms with Crippen LogP contribution in [0.25, 0.3) is 0 Å². The molecule has 5 nitrogen and oxygen atoms in total. The molecule has 0 bridgehead atoms. The molecule has 0 radical (unpaired) electrons. The van der Waals surface area contributed by atoms with Crippen LogP contribution in [0.5, 0.6) is 11.6 Å². The van der Waals surface area contributed by atoms with E-state index in [1.54, 1.807) is 0 Å². The maximum absolute atomic E-state index is 6.17. The Labute approximate surface area is 143 Å². The molecule has 0 saturated carbocycles. The molecule has 1 saturated heterocycles. The first kappa shape index (κ1) is 15.4. The number of hydrogen-bond acceptors (Lipinski definition) is 5. The highest BCUT2D eigenvalue weighted by molar-refractivity contribution is 5.44. The molecule has 1 aromatic heterocycles. The van der Waals surface area contributed by atoms with E-state index in [0.29, 0.717) is 0 Å². The summed E-state index contributed by atoms with van der Waals surface area (Å²) >= 11 is 0. The molecule has 1 aliphatic carbocycles. The Bertz CT molecular complexity index is 708. The van der Waals surface area contributed by atoms with Gasteiger partial charge in [-0.3, -0.25) is 0 Å². The lowest BCUT2D eigenvalue weighted by atomic mass is 9.97. The molecule has 0 unspecified atom stereocenters. The summed E-state index contributed by atoms with van der Waals surface area (Å²) in [5.41, 5.74) is 3.60. The lowest BCUT2D eigenvalue weighted by Crippen LogP contribution is -2.44. The summed E-state index contributed by atoms with van der Waals surface area (Å²) in [7, 11) is 0. The van der Waals surface area contributed by atoms with E-state index >= 15 is 0 Å². The molecule has 1 aromatic carbocycles. The summed E-state index contributed by atoms with van der Waals surface area (Å²) in [4.78, 5) is 11.9. The number of hydrogen-bond donors (Lipinski definition) is 1. The van der Waals surface area contributed by atoms with Crippen LogP contribution in [0, 0.1) is 6.92 Å². The molecule has 126 valence electrons. The largest absolute Gasteiger partial charge is 0.439 e. The van der Waals surface area contributed by atoms with Gasteiger partial charge in [-0.2, -0.15) is 4.98 Å². The second kappa shape index (κ2) is 6.77. The monoisotopic (exact) mass is 324 g/mol. The van der Waals surface area contributed by atoms with Crippen molar-refractivity contribution >= 4 is 5.95 Å². The minimum absolute atomic E-state index is 0.747. The molecule has 2 aliphatic rings. The van der Waals surface area contributed by atoms with Crippen LogP contribution in [0.15, 0.2) is 24.3 Å². The van der Waals surface area contributed by atoms with Crippen LogP contribution in [-0.2, 0) is 12.8 Å². The third-order valence-electron chi connectivity index (χ3n) is 4.77. The molecule has 1 fully saturated rings. The van der Waals surface area contributed by atoms with E-state index in [2.05, 4.69) is 29.3 Å². The first-order valence-electron chi connectivity index (χ1n) is 8.89. The quantitative estimate of drug-likeness (QED) is 0.941. The molecule has 0 atom stereocenters. The van der Waals surface area contributed by atoms with Crippen LogP contribution in [-0.4, -0.2) is 36.1 Å². The summed E-state index contributed by atoms with van der Waals surface area (Å²) in [6.07, 6.45) is 4.43. The molecule has 24 heavy (non-hydrogen) atoms. The number of nitrogens with one attached hydrogen (secondary N) is 1. The molecule has 0 amide bonds. The number of anilines is 1. The van der Waals surface area contributed by atoms with E-state index in [-0.39, 0.29) is 0 Å². The highest BCUT2D eigenvalue weighted by Gasteiger charge is 2.22. The van der Waals surface area contributed by atoms with Crippen molar-refractivity contribution in [1.82, 2.24) is 15.3 Å². The minimum Gasteiger partial charge on any atom is -0.439 e. The molecular weight excluding hydrogens is 300 g/mol. The lowest BCUT2D eigenvalue weighted by molar-refractivity contribution is 0.445. The average molecular weight is 324 g/mol. The molecular formula is C19H24N4O. The number of ether oxygens (including phenoxy) is 1. The van der Waals surface area contributed by atoms with E-state index in [1.165, 1.54) is 29.7 Å². The van der Waals surface area contributed by atoms with Gasteiger partial charge in [0.1, 0.15) is 5.75 Å². The van der Waals surface area contributed by atoms with Crippen molar-refractivity contribution in [3.8, 4) is 11.6 Å². The van der Waals surface area contributed by atoms with Gasteiger partial charge in [-0.15, -0.1) is 0 Å². The van der Waals surface area contributed by atoms with Crippen LogP contribution >= 0.6 is 0 Å². The summed E-state index contributed by atoms with van der Waals surface area (Å²) in [6, 6.07) is 8.16. The highest BCUT2D eigenvalue weighted by atomic mass is 16.5. The second-order valence-electron chi connectivity index (χ2n) is 6.61. The molecule has 2 aromatic rings. The zero-order chi connectivity index (χ0) is 16.4. The zero-order valence-corrected chi connectivity index (χ0v) is 14.2. The van der Waals surface area contributed by atoms with Gasteiger partial charge in [0.15, 0.2) is 0 Å². The Balaban J connectivity index is 1.68. The number of nitrogens with zero attached hydrogens (tertiary/aromatic N) is 3. The van der Waals surface area contributed by atoms with Crippen LogP contribution in [0.3, 0.4) is 0 Å². The first-order valence-corrected chi connectivity index (χ1v) is 8.89. The average Bonchev–Trinajstić information content (AvgIpc) is 2.64. The van der Waals surface area contributed by atoms with Gasteiger partial charge in [-0.05, 0) is 44.7 Å². The lowest BCUT2D eigenvalue weighted by Gasteiger charge is -2.29. The van der Waals surface area contributed by atoms with E-state index in [9.17, 15) is 0 Å². The second-order valence-corrected chi connectivity index (χ2v) is 6.61. The smallest absolute Gasteiger partial charge is 0.228 e. The number of aromatic nitrogens is 2. The Morgan fingerprint density at radius 2 is 1.75 bits per heavy atom. The van der Waals surface area contributed by atoms with Gasteiger partial charge in [0.2, 0.25) is 11.8 Å². The molecule has 4 rings (SSSR count). The molecule has 5 heteroatoms. The van der Waals surface area contributed by atoms with Gasteiger partial charge < -0.3 is 15.0 Å². The number of aryl methyl sites for hydroxylation is 2. The van der Waals surface area contributed by atoms with Crippen LogP contribution in [0.2, 0.25) is 0 Å². The van der Waals surface area contributed by atoms with Crippen LogP contribution in [0.4, 0.5) is 5.95 Å². The van der Waals surface area contributed by atoms with Gasteiger partial charge >= 0.3 is 0 Å². The fourth-order valence-corrected chi connectivity index (χ4v) is 3.36. The van der Waals surface area contributed by atoms with Crippen molar-refractivity contribution in [2.45, 2.75) is 32.6 Å². The Morgan fingerprint density at radius 3 is 2.54 bits per heavy atom. The van der Waals surface area contributed by atoms with Gasteiger partial charge in [0, 0.05) is 31.7 Å². The van der Waals surface area contributed by atoms with Gasteiger partial charge in [0.05, 0.1) is 5.69 Å². The Hall–Kier alpha value is -2.14. The molecule has 0 spiro atoms. The Morgan fingerprint density at radius 1 is 1.00 bits per heavy atom. The Kier molecular flexibility index (Phi) is 4.34. The maximum Gasteiger partial charge on any atom is 0.228 e. The summed E-state index contributed by atoms with van der Waals surface area (Å²) in [5.74, 6) is 2.41. The number of piperazine rings is 1. The number of rotatable bonds is 3. The fourth-order valence-electron chi connectivity index (χ4n) is 3.36. The SMILES string of the molecule is Cc1ccc(Oc2nc(N3CCNCC3)nc3c2CCCC3)cc1. The predicted octanol–water partition coefficient (Wildman–Crippen LogP) is 2.87.